The fraction of sp³-hybridized carbons (Fsp3) is 0.381. The number of hydrogen-bond donors (Lipinski definition) is 1. The van der Waals surface area contributed by atoms with Crippen LogP contribution in [0.1, 0.15) is 49.9 Å². The van der Waals surface area contributed by atoms with Crippen LogP contribution in [0.2, 0.25) is 0 Å². The van der Waals surface area contributed by atoms with Gasteiger partial charge in [-0.3, -0.25) is 4.79 Å². The average molecular weight is 399 g/mol. The molecule has 0 aliphatic carbocycles. The summed E-state index contributed by atoms with van der Waals surface area (Å²) in [5, 5.41) is 7.65. The number of nitrogens with one attached hydrogen (secondary N) is 1. The Balaban J connectivity index is 1.73. The van der Waals surface area contributed by atoms with E-state index in [1.807, 2.05) is 26.8 Å². The topological polar surface area (TPSA) is 95.6 Å². The second-order valence-corrected chi connectivity index (χ2v) is 6.94. The van der Waals surface area contributed by atoms with Crippen molar-refractivity contribution < 1.29 is 23.5 Å². The van der Waals surface area contributed by atoms with E-state index in [9.17, 15) is 9.59 Å². The number of aryl methyl sites for hydroxylation is 1. The van der Waals surface area contributed by atoms with Crippen molar-refractivity contribution in [3.05, 3.63) is 41.8 Å². The molecule has 2 aromatic heterocycles. The molecule has 8 nitrogen and oxygen atoms in total. The minimum Gasteiger partial charge on any atom is -0.494 e. The molecule has 0 fully saturated rings. The molecule has 0 unspecified atom stereocenters. The molecule has 8 heteroatoms. The molecule has 0 saturated heterocycles. The summed E-state index contributed by atoms with van der Waals surface area (Å²) in [6.45, 7) is 9.62. The largest absolute Gasteiger partial charge is 0.494 e. The zero-order valence-electron chi connectivity index (χ0n) is 17.2. The van der Waals surface area contributed by atoms with Gasteiger partial charge in [0.15, 0.2) is 6.10 Å². The zero-order chi connectivity index (χ0) is 21.1. The van der Waals surface area contributed by atoms with Crippen LogP contribution in [0.3, 0.4) is 0 Å². The second kappa shape index (κ2) is 8.38. The Kier molecular flexibility index (Phi) is 5.91. The highest BCUT2D eigenvalue weighted by atomic mass is 16.6. The monoisotopic (exact) mass is 399 g/mol. The van der Waals surface area contributed by atoms with Crippen molar-refractivity contribution >= 4 is 28.7 Å². The lowest BCUT2D eigenvalue weighted by Crippen LogP contribution is -2.31. The molecule has 1 atom stereocenters. The van der Waals surface area contributed by atoms with Gasteiger partial charge in [0.1, 0.15) is 17.2 Å². The van der Waals surface area contributed by atoms with Crippen LogP contribution in [0.5, 0.6) is 5.75 Å². The number of ether oxygens (including phenoxy) is 2. The fourth-order valence-corrected chi connectivity index (χ4v) is 2.97. The second-order valence-electron chi connectivity index (χ2n) is 6.94. The van der Waals surface area contributed by atoms with Crippen molar-refractivity contribution in [3.63, 3.8) is 0 Å². The fourth-order valence-electron chi connectivity index (χ4n) is 2.97. The molecule has 1 aromatic carbocycles. The minimum atomic E-state index is -1.01. The van der Waals surface area contributed by atoms with E-state index in [-0.39, 0.29) is 11.8 Å². The minimum absolute atomic E-state index is 0.0699. The molecule has 0 aliphatic heterocycles. The van der Waals surface area contributed by atoms with Crippen molar-refractivity contribution in [3.8, 4) is 5.75 Å². The number of aromatic nitrogens is 2. The molecule has 2 heterocycles. The van der Waals surface area contributed by atoms with Crippen molar-refractivity contribution in [1.29, 1.82) is 0 Å². The summed E-state index contributed by atoms with van der Waals surface area (Å²) in [4.78, 5) is 25.0. The van der Waals surface area contributed by atoms with Gasteiger partial charge in [0.05, 0.1) is 12.8 Å². The van der Waals surface area contributed by atoms with E-state index in [1.54, 1.807) is 36.0 Å². The Morgan fingerprint density at radius 2 is 2.00 bits per heavy atom. The van der Waals surface area contributed by atoms with Gasteiger partial charge in [-0.1, -0.05) is 0 Å². The molecule has 1 amide bonds. The molecule has 3 aromatic rings. The molecule has 1 N–H and O–H groups in total. The number of benzene rings is 1. The first kappa shape index (κ1) is 20.4. The van der Waals surface area contributed by atoms with Gasteiger partial charge in [0.2, 0.25) is 5.76 Å². The van der Waals surface area contributed by atoms with E-state index < -0.39 is 18.0 Å². The van der Waals surface area contributed by atoms with Gasteiger partial charge < -0.3 is 19.2 Å². The SMILES string of the molecule is CCOc1ccc2oc(C(=O)O[C@H](C)C(=O)Nc3ccnn3C(C)C)c(C)c2c1. The Morgan fingerprint density at radius 3 is 2.69 bits per heavy atom. The Morgan fingerprint density at radius 1 is 1.24 bits per heavy atom. The van der Waals surface area contributed by atoms with E-state index in [0.29, 0.717) is 29.3 Å². The molecule has 0 spiro atoms. The average Bonchev–Trinajstić information content (AvgIpc) is 3.27. The molecule has 0 aliphatic rings. The number of carbonyl (C=O) groups is 2. The van der Waals surface area contributed by atoms with Crippen LogP contribution in [0.25, 0.3) is 11.0 Å². The van der Waals surface area contributed by atoms with Gasteiger partial charge in [0.25, 0.3) is 5.91 Å². The molecule has 154 valence electrons. The highest BCUT2D eigenvalue weighted by molar-refractivity contribution is 5.99. The highest BCUT2D eigenvalue weighted by Gasteiger charge is 2.25. The van der Waals surface area contributed by atoms with E-state index in [1.165, 1.54) is 6.92 Å². The van der Waals surface area contributed by atoms with E-state index in [0.717, 1.165) is 5.39 Å². The molecular formula is C21H25N3O5. The number of nitrogens with zero attached hydrogens (tertiary/aromatic N) is 2. The van der Waals surface area contributed by atoms with Crippen LogP contribution in [-0.2, 0) is 9.53 Å². The maximum Gasteiger partial charge on any atom is 0.375 e. The van der Waals surface area contributed by atoms with Crippen LogP contribution in [0.4, 0.5) is 5.82 Å². The summed E-state index contributed by atoms with van der Waals surface area (Å²) >= 11 is 0. The van der Waals surface area contributed by atoms with Gasteiger partial charge in [-0.05, 0) is 52.8 Å². The summed E-state index contributed by atoms with van der Waals surface area (Å²) < 4.78 is 18.2. The third-order valence-corrected chi connectivity index (χ3v) is 4.47. The predicted octanol–water partition coefficient (Wildman–Crippen LogP) is 4.10. The van der Waals surface area contributed by atoms with Gasteiger partial charge in [-0.2, -0.15) is 5.10 Å². The van der Waals surface area contributed by atoms with Crippen LogP contribution in [-0.4, -0.2) is 34.4 Å². The lowest BCUT2D eigenvalue weighted by atomic mass is 10.1. The first-order valence-electron chi connectivity index (χ1n) is 9.53. The zero-order valence-corrected chi connectivity index (χ0v) is 17.2. The van der Waals surface area contributed by atoms with Gasteiger partial charge in [0, 0.05) is 23.1 Å². The number of rotatable bonds is 7. The van der Waals surface area contributed by atoms with Gasteiger partial charge in [-0.15, -0.1) is 0 Å². The number of furan rings is 1. The maximum absolute atomic E-state index is 12.6. The third kappa shape index (κ3) is 4.26. The van der Waals surface area contributed by atoms with Crippen LogP contribution in [0.15, 0.2) is 34.9 Å². The standard InChI is InChI=1S/C21H25N3O5/c1-6-27-15-7-8-17-16(11-15)13(4)19(29-17)21(26)28-14(5)20(25)23-18-9-10-22-24(18)12(2)3/h7-12,14H,6H2,1-5H3,(H,23,25)/t14-/m1/s1. The van der Waals surface area contributed by atoms with Crippen LogP contribution in [0, 0.1) is 6.92 Å². The van der Waals surface area contributed by atoms with Gasteiger partial charge in [-0.25, -0.2) is 9.48 Å². The van der Waals surface area contributed by atoms with Crippen molar-refractivity contribution in [2.24, 2.45) is 0 Å². The van der Waals surface area contributed by atoms with Gasteiger partial charge >= 0.3 is 5.97 Å². The number of amides is 1. The molecule has 3 rings (SSSR count). The van der Waals surface area contributed by atoms with Crippen molar-refractivity contribution in [2.45, 2.75) is 46.8 Å². The maximum atomic E-state index is 12.6. The van der Waals surface area contributed by atoms with Crippen LogP contribution < -0.4 is 10.1 Å². The van der Waals surface area contributed by atoms with Crippen molar-refractivity contribution in [1.82, 2.24) is 9.78 Å². The Labute approximate surface area is 168 Å². The highest BCUT2D eigenvalue weighted by Crippen LogP contribution is 2.29. The summed E-state index contributed by atoms with van der Waals surface area (Å²) in [6.07, 6.45) is 0.588. The Hall–Kier alpha value is -3.29. The summed E-state index contributed by atoms with van der Waals surface area (Å²) in [7, 11) is 0. The number of carbonyl (C=O) groups excluding carboxylic acids is 2. The molecule has 0 bridgehead atoms. The predicted molar refractivity (Wildman–Crippen MR) is 108 cm³/mol. The van der Waals surface area contributed by atoms with E-state index in [2.05, 4.69) is 10.4 Å². The van der Waals surface area contributed by atoms with E-state index >= 15 is 0 Å². The van der Waals surface area contributed by atoms with E-state index in [4.69, 9.17) is 13.9 Å². The lowest BCUT2D eigenvalue weighted by Gasteiger charge is -2.15. The summed E-state index contributed by atoms with van der Waals surface area (Å²) in [5.41, 5.74) is 1.19. The molecular weight excluding hydrogens is 374 g/mol. The molecule has 0 saturated carbocycles. The summed E-state index contributed by atoms with van der Waals surface area (Å²) in [6, 6.07) is 7.10. The first-order valence-corrected chi connectivity index (χ1v) is 9.53. The number of fused-ring (bicyclic) bond motifs is 1. The summed E-state index contributed by atoms with van der Waals surface area (Å²) in [5.74, 6) is 0.153. The van der Waals surface area contributed by atoms with Crippen molar-refractivity contribution in [2.75, 3.05) is 11.9 Å². The first-order chi connectivity index (χ1) is 13.8. The van der Waals surface area contributed by atoms with Crippen LogP contribution >= 0.6 is 0 Å². The number of anilines is 1. The Bertz CT molecular complexity index is 1030. The normalized spacial score (nSPS) is 12.2. The number of hydrogen-bond acceptors (Lipinski definition) is 6. The lowest BCUT2D eigenvalue weighted by molar-refractivity contribution is -0.123. The smallest absolute Gasteiger partial charge is 0.375 e. The third-order valence-electron chi connectivity index (χ3n) is 4.47. The molecule has 0 radical (unpaired) electrons. The number of esters is 1. The quantitative estimate of drug-likeness (QED) is 0.601. The molecule has 29 heavy (non-hydrogen) atoms.